The van der Waals surface area contributed by atoms with Gasteiger partial charge in [-0.05, 0) is 31.9 Å². The number of carbonyl (C=O) groups excluding carboxylic acids is 2. The van der Waals surface area contributed by atoms with Gasteiger partial charge in [0.15, 0.2) is 0 Å². The highest BCUT2D eigenvalue weighted by Gasteiger charge is 2.50. The number of amides is 2. The number of ether oxygens (including phenoxy) is 1. The molecule has 0 aromatic heterocycles. The Hall–Kier alpha value is -2.13. The number of nitrogens with one attached hydrogen (secondary N) is 1. The Morgan fingerprint density at radius 2 is 1.87 bits per heavy atom. The zero-order valence-corrected chi connectivity index (χ0v) is 18.7. The van der Waals surface area contributed by atoms with Crippen LogP contribution in [-0.4, -0.2) is 62.6 Å². The highest BCUT2D eigenvalue weighted by molar-refractivity contribution is 7.88. The number of sulfonamides is 1. The molecule has 2 fully saturated rings. The summed E-state index contributed by atoms with van der Waals surface area (Å²) in [4.78, 5) is 28.0. The Labute approximate surface area is 178 Å². The second kappa shape index (κ2) is 8.93. The molecule has 1 heterocycles. The van der Waals surface area contributed by atoms with Crippen LogP contribution in [0.15, 0.2) is 24.3 Å². The number of rotatable bonds is 5. The molecule has 1 aromatic carbocycles. The number of carbonyl (C=O) groups is 2. The maximum Gasteiger partial charge on any atom is 0.247 e. The van der Waals surface area contributed by atoms with Gasteiger partial charge < -0.3 is 10.1 Å². The lowest BCUT2D eigenvalue weighted by atomic mass is 9.93. The monoisotopic (exact) mass is 437 g/mol. The van der Waals surface area contributed by atoms with E-state index in [0.717, 1.165) is 49.1 Å². The molecule has 0 bridgehead atoms. The van der Waals surface area contributed by atoms with Gasteiger partial charge in [0, 0.05) is 24.3 Å². The van der Waals surface area contributed by atoms with Crippen molar-refractivity contribution in [2.75, 3.05) is 31.4 Å². The largest absolute Gasteiger partial charge is 0.497 e. The highest BCUT2D eigenvalue weighted by atomic mass is 32.2. The molecule has 30 heavy (non-hydrogen) atoms. The molecule has 1 aromatic rings. The van der Waals surface area contributed by atoms with Crippen molar-refractivity contribution in [1.29, 1.82) is 0 Å². The lowest BCUT2D eigenvalue weighted by molar-refractivity contribution is -0.133. The van der Waals surface area contributed by atoms with Gasteiger partial charge in [0.25, 0.3) is 0 Å². The summed E-state index contributed by atoms with van der Waals surface area (Å²) in [5, 5.41) is 3.10. The van der Waals surface area contributed by atoms with Crippen LogP contribution < -0.4 is 15.0 Å². The van der Waals surface area contributed by atoms with Gasteiger partial charge in [-0.3, -0.25) is 14.5 Å². The van der Waals surface area contributed by atoms with Crippen molar-refractivity contribution >= 4 is 27.5 Å². The topological polar surface area (TPSA) is 96.0 Å². The smallest absolute Gasteiger partial charge is 0.247 e. The molecule has 1 aliphatic carbocycles. The van der Waals surface area contributed by atoms with Gasteiger partial charge in [-0.15, -0.1) is 0 Å². The van der Waals surface area contributed by atoms with Crippen molar-refractivity contribution in [3.63, 3.8) is 0 Å². The molecule has 2 amide bonds. The summed E-state index contributed by atoms with van der Waals surface area (Å²) >= 11 is 0. The van der Waals surface area contributed by atoms with E-state index in [0.29, 0.717) is 11.4 Å². The SMILES string of the molecule is COc1cccc(N2C(=O)CN(S(C)(=O)=O)C[C@@]2(C)C(=O)NC2CCCCCC2)c1. The Morgan fingerprint density at radius 1 is 1.20 bits per heavy atom. The van der Waals surface area contributed by atoms with Gasteiger partial charge in [0.1, 0.15) is 11.3 Å². The summed E-state index contributed by atoms with van der Waals surface area (Å²) in [6.45, 7) is 1.23. The number of piperazine rings is 1. The van der Waals surface area contributed by atoms with Crippen molar-refractivity contribution in [2.24, 2.45) is 0 Å². The minimum atomic E-state index is -3.64. The first-order valence-corrected chi connectivity index (χ1v) is 12.2. The quantitative estimate of drug-likeness (QED) is 0.710. The third-order valence-electron chi connectivity index (χ3n) is 6.00. The maximum atomic E-state index is 13.5. The average molecular weight is 438 g/mol. The zero-order valence-electron chi connectivity index (χ0n) is 17.9. The van der Waals surface area contributed by atoms with E-state index in [-0.39, 0.29) is 25.0 Å². The molecule has 0 unspecified atom stereocenters. The number of hydrogen-bond acceptors (Lipinski definition) is 5. The van der Waals surface area contributed by atoms with E-state index in [2.05, 4.69) is 5.32 Å². The van der Waals surface area contributed by atoms with Crippen molar-refractivity contribution in [3.8, 4) is 5.75 Å². The van der Waals surface area contributed by atoms with E-state index in [1.54, 1.807) is 31.2 Å². The average Bonchev–Trinajstić information content (AvgIpc) is 2.95. The molecule has 1 saturated carbocycles. The third-order valence-corrected chi connectivity index (χ3v) is 7.20. The molecule has 3 rings (SSSR count). The van der Waals surface area contributed by atoms with E-state index in [1.165, 1.54) is 12.0 Å². The minimum Gasteiger partial charge on any atom is -0.497 e. The standard InChI is InChI=1S/C21H31N3O5S/c1-21(20(26)22-16-9-6-4-5-7-10-16)15-23(30(3,27)28)14-19(25)24(21)17-11-8-12-18(13-17)29-2/h8,11-13,16H,4-7,9-10,14-15H2,1-3H3,(H,22,26)/t21-/m0/s1. The fraction of sp³-hybridized carbons (Fsp3) is 0.619. The van der Waals surface area contributed by atoms with Gasteiger partial charge in [-0.2, -0.15) is 4.31 Å². The van der Waals surface area contributed by atoms with E-state index >= 15 is 0 Å². The lowest BCUT2D eigenvalue weighted by Gasteiger charge is -2.47. The molecule has 1 aliphatic heterocycles. The first kappa shape index (κ1) is 22.6. The van der Waals surface area contributed by atoms with E-state index < -0.39 is 21.5 Å². The molecule has 8 nitrogen and oxygen atoms in total. The third kappa shape index (κ3) is 4.78. The number of benzene rings is 1. The molecule has 9 heteroatoms. The molecular formula is C21H31N3O5S. The summed E-state index contributed by atoms with van der Waals surface area (Å²) in [5.74, 6) is -0.227. The van der Waals surface area contributed by atoms with Crippen molar-refractivity contribution in [3.05, 3.63) is 24.3 Å². The molecular weight excluding hydrogens is 406 g/mol. The minimum absolute atomic E-state index is 0.0349. The summed E-state index contributed by atoms with van der Waals surface area (Å²) in [6.07, 6.45) is 7.26. The van der Waals surface area contributed by atoms with Crippen LogP contribution in [0.1, 0.15) is 45.4 Å². The first-order chi connectivity index (χ1) is 14.1. The summed E-state index contributed by atoms with van der Waals surface area (Å²) in [7, 11) is -2.11. The van der Waals surface area contributed by atoms with E-state index in [1.807, 2.05) is 0 Å². The molecule has 2 aliphatic rings. The Kier molecular flexibility index (Phi) is 6.71. The molecule has 166 valence electrons. The van der Waals surface area contributed by atoms with Crippen LogP contribution in [0.2, 0.25) is 0 Å². The summed E-state index contributed by atoms with van der Waals surface area (Å²) < 4.78 is 30.8. The predicted molar refractivity (Wildman–Crippen MR) is 115 cm³/mol. The van der Waals surface area contributed by atoms with Gasteiger partial charge in [0.05, 0.1) is 19.9 Å². The van der Waals surface area contributed by atoms with Crippen LogP contribution in [0.4, 0.5) is 5.69 Å². The molecule has 0 radical (unpaired) electrons. The van der Waals surface area contributed by atoms with Gasteiger partial charge in [0.2, 0.25) is 21.8 Å². The summed E-state index contributed by atoms with van der Waals surface area (Å²) in [6, 6.07) is 6.95. The van der Waals surface area contributed by atoms with Gasteiger partial charge in [-0.25, -0.2) is 8.42 Å². The normalized spacial score (nSPS) is 24.4. The summed E-state index contributed by atoms with van der Waals surface area (Å²) in [5.41, 5.74) is -0.872. The fourth-order valence-corrected chi connectivity index (χ4v) is 5.15. The zero-order chi connectivity index (χ0) is 21.9. The second-order valence-corrected chi connectivity index (χ2v) is 10.4. The van der Waals surface area contributed by atoms with Crippen molar-refractivity contribution in [1.82, 2.24) is 9.62 Å². The number of methoxy groups -OCH3 is 1. The van der Waals surface area contributed by atoms with Gasteiger partial charge in [-0.1, -0.05) is 31.7 Å². The maximum absolute atomic E-state index is 13.5. The van der Waals surface area contributed by atoms with Crippen LogP contribution in [0.3, 0.4) is 0 Å². The van der Waals surface area contributed by atoms with Crippen LogP contribution in [0.5, 0.6) is 5.75 Å². The van der Waals surface area contributed by atoms with E-state index in [4.69, 9.17) is 4.74 Å². The van der Waals surface area contributed by atoms with Gasteiger partial charge >= 0.3 is 0 Å². The molecule has 0 spiro atoms. The first-order valence-electron chi connectivity index (χ1n) is 10.4. The van der Waals surface area contributed by atoms with Crippen molar-refractivity contribution in [2.45, 2.75) is 57.0 Å². The van der Waals surface area contributed by atoms with Crippen LogP contribution in [-0.2, 0) is 19.6 Å². The van der Waals surface area contributed by atoms with E-state index in [9.17, 15) is 18.0 Å². The lowest BCUT2D eigenvalue weighted by Crippen LogP contribution is -2.70. The number of hydrogen-bond donors (Lipinski definition) is 1. The number of nitrogens with zero attached hydrogens (tertiary/aromatic N) is 2. The second-order valence-electron chi connectivity index (χ2n) is 8.40. The Bertz CT molecular complexity index is 896. The van der Waals surface area contributed by atoms with Crippen molar-refractivity contribution < 1.29 is 22.7 Å². The Morgan fingerprint density at radius 3 is 2.47 bits per heavy atom. The van der Waals surface area contributed by atoms with Crippen LogP contribution in [0.25, 0.3) is 0 Å². The molecule has 1 N–H and O–H groups in total. The predicted octanol–water partition coefficient (Wildman–Crippen LogP) is 1.90. The van der Waals surface area contributed by atoms with Crippen LogP contribution in [0, 0.1) is 0 Å². The number of anilines is 1. The molecule has 1 saturated heterocycles. The Balaban J connectivity index is 1.97. The highest BCUT2D eigenvalue weighted by Crippen LogP contribution is 2.33. The molecule has 1 atom stereocenters. The van der Waals surface area contributed by atoms with Crippen LogP contribution >= 0.6 is 0 Å². The fourth-order valence-electron chi connectivity index (χ4n) is 4.32.